The Morgan fingerprint density at radius 2 is 1.92 bits per heavy atom. The number of amides is 1. The average Bonchev–Trinajstić information content (AvgIpc) is 3.37. The van der Waals surface area contributed by atoms with Gasteiger partial charge in [0.25, 0.3) is 0 Å². The second-order valence-corrected chi connectivity index (χ2v) is 7.52. The molecule has 1 aromatic rings. The maximum Gasteiger partial charge on any atom is 0.416 e. The lowest BCUT2D eigenvalue weighted by Gasteiger charge is -2.43. The number of anilines is 1. The summed E-state index contributed by atoms with van der Waals surface area (Å²) in [6.45, 7) is 1.93. The number of rotatable bonds is 3. The number of carbonyl (C=O) groups excluding carboxylic acids is 1. The van der Waals surface area contributed by atoms with Crippen molar-refractivity contribution in [1.29, 1.82) is 0 Å². The highest BCUT2D eigenvalue weighted by atomic mass is 19.4. The van der Waals surface area contributed by atoms with Gasteiger partial charge in [0, 0.05) is 5.54 Å². The fourth-order valence-corrected chi connectivity index (χ4v) is 4.61. The third-order valence-electron chi connectivity index (χ3n) is 6.04. The molecule has 2 unspecified atom stereocenters. The third kappa shape index (κ3) is 1.93. The minimum absolute atomic E-state index is 0.0520. The minimum atomic E-state index is -4.60. The first kappa shape index (κ1) is 15.7. The van der Waals surface area contributed by atoms with Crippen LogP contribution in [0.1, 0.15) is 38.2 Å². The maximum atomic E-state index is 14.6. The summed E-state index contributed by atoms with van der Waals surface area (Å²) in [7, 11) is 0. The van der Waals surface area contributed by atoms with Crippen molar-refractivity contribution < 1.29 is 22.4 Å². The Balaban J connectivity index is 1.83. The quantitative estimate of drug-likeness (QED) is 0.855. The highest BCUT2D eigenvalue weighted by Crippen LogP contribution is 2.67. The molecule has 0 aromatic heterocycles. The second kappa shape index (κ2) is 4.43. The molecule has 1 aromatic carbocycles. The fourth-order valence-electron chi connectivity index (χ4n) is 4.61. The van der Waals surface area contributed by atoms with Crippen LogP contribution in [0.2, 0.25) is 0 Å². The average molecular weight is 342 g/mol. The van der Waals surface area contributed by atoms with Gasteiger partial charge in [0.15, 0.2) is 0 Å². The molecule has 24 heavy (non-hydrogen) atoms. The van der Waals surface area contributed by atoms with Gasteiger partial charge in [-0.1, -0.05) is 0 Å². The van der Waals surface area contributed by atoms with Gasteiger partial charge in [-0.05, 0) is 62.6 Å². The lowest BCUT2D eigenvalue weighted by Crippen LogP contribution is -2.60. The van der Waals surface area contributed by atoms with E-state index >= 15 is 0 Å². The molecule has 7 heteroatoms. The van der Waals surface area contributed by atoms with Crippen molar-refractivity contribution in [2.45, 2.75) is 49.9 Å². The summed E-state index contributed by atoms with van der Waals surface area (Å²) in [5.41, 5.74) is 3.35. The zero-order valence-electron chi connectivity index (χ0n) is 13.2. The van der Waals surface area contributed by atoms with Gasteiger partial charge in [0.05, 0.1) is 11.3 Å². The summed E-state index contributed by atoms with van der Waals surface area (Å²) in [6, 6.07) is 2.52. The largest absolute Gasteiger partial charge is 0.416 e. The van der Waals surface area contributed by atoms with Crippen LogP contribution in [0, 0.1) is 17.7 Å². The van der Waals surface area contributed by atoms with E-state index in [2.05, 4.69) is 0 Å². The third-order valence-corrected chi connectivity index (χ3v) is 6.04. The van der Waals surface area contributed by atoms with E-state index in [-0.39, 0.29) is 17.5 Å². The van der Waals surface area contributed by atoms with Crippen molar-refractivity contribution in [2.24, 2.45) is 17.6 Å². The Kier molecular flexibility index (Phi) is 2.90. The van der Waals surface area contributed by atoms with Crippen molar-refractivity contribution in [3.05, 3.63) is 29.6 Å². The van der Waals surface area contributed by atoms with E-state index in [4.69, 9.17) is 5.73 Å². The maximum absolute atomic E-state index is 14.6. The van der Waals surface area contributed by atoms with Gasteiger partial charge in [-0.2, -0.15) is 13.2 Å². The summed E-state index contributed by atoms with van der Waals surface area (Å²) in [5, 5.41) is 0. The zero-order chi connectivity index (χ0) is 17.5. The second-order valence-electron chi connectivity index (χ2n) is 7.52. The molecular formula is C17H18F4N2O. The number of fused-ring (bicyclic) bond motifs is 1. The van der Waals surface area contributed by atoms with Gasteiger partial charge in [0.1, 0.15) is 11.4 Å². The van der Waals surface area contributed by atoms with E-state index in [1.807, 2.05) is 6.92 Å². The molecule has 3 fully saturated rings. The number of halogens is 4. The Labute approximate surface area is 136 Å². The summed E-state index contributed by atoms with van der Waals surface area (Å²) in [4.78, 5) is 14.0. The molecule has 130 valence electrons. The number of piperidine rings is 1. The van der Waals surface area contributed by atoms with Gasteiger partial charge in [-0.3, -0.25) is 4.79 Å². The molecule has 4 rings (SSSR count). The SMILES string of the molecule is C[C@@]12CC1CC(C(N)=O)(C1CC1)N2c1ccc(C(F)(F)F)cc1F. The van der Waals surface area contributed by atoms with Gasteiger partial charge in [-0.15, -0.1) is 0 Å². The molecule has 1 amide bonds. The standard InChI is InChI=1S/C17H18F4N2O/c1-15-7-11(15)8-16(14(22)24,9-2-3-9)23(15)13-5-4-10(6-12(13)18)17(19,20)21/h4-6,9,11H,2-3,7-8H2,1H3,(H2,22,24)/t11?,15-,16?/m1/s1. The smallest absolute Gasteiger partial charge is 0.368 e. The molecule has 1 aliphatic heterocycles. The van der Waals surface area contributed by atoms with Crippen molar-refractivity contribution >= 4 is 11.6 Å². The summed E-state index contributed by atoms with van der Waals surface area (Å²) < 4.78 is 53.0. The molecule has 1 saturated heterocycles. The van der Waals surface area contributed by atoms with Crippen LogP contribution in [-0.4, -0.2) is 17.0 Å². The lowest BCUT2D eigenvalue weighted by atomic mass is 9.86. The van der Waals surface area contributed by atoms with Crippen LogP contribution in [0.25, 0.3) is 0 Å². The van der Waals surface area contributed by atoms with E-state index in [9.17, 15) is 22.4 Å². The number of nitrogens with two attached hydrogens (primary N) is 1. The number of hydrogen-bond donors (Lipinski definition) is 1. The molecule has 0 spiro atoms. The molecule has 2 saturated carbocycles. The van der Waals surface area contributed by atoms with E-state index in [1.165, 1.54) is 0 Å². The first-order valence-corrected chi connectivity index (χ1v) is 8.08. The predicted molar refractivity (Wildman–Crippen MR) is 79.7 cm³/mol. The Hall–Kier alpha value is -1.79. The number of carbonyl (C=O) groups is 1. The Morgan fingerprint density at radius 1 is 1.25 bits per heavy atom. The van der Waals surface area contributed by atoms with Crippen LogP contribution in [-0.2, 0) is 11.0 Å². The normalized spacial score (nSPS) is 35.0. The van der Waals surface area contributed by atoms with Crippen LogP contribution in [0.15, 0.2) is 18.2 Å². The number of nitrogens with zero attached hydrogens (tertiary/aromatic N) is 1. The summed E-state index contributed by atoms with van der Waals surface area (Å²) in [6.07, 6.45) is -1.57. The van der Waals surface area contributed by atoms with Gasteiger partial charge in [0.2, 0.25) is 5.91 Å². The lowest BCUT2D eigenvalue weighted by molar-refractivity contribution is -0.137. The van der Waals surface area contributed by atoms with E-state index in [1.54, 1.807) is 4.90 Å². The van der Waals surface area contributed by atoms with Crippen molar-refractivity contribution in [3.8, 4) is 0 Å². The molecule has 3 nitrogen and oxygen atoms in total. The van der Waals surface area contributed by atoms with Crippen LogP contribution in [0.3, 0.4) is 0 Å². The summed E-state index contributed by atoms with van der Waals surface area (Å²) >= 11 is 0. The highest BCUT2D eigenvalue weighted by molar-refractivity contribution is 5.92. The molecule has 3 atom stereocenters. The number of alkyl halides is 3. The minimum Gasteiger partial charge on any atom is -0.368 e. The molecule has 0 bridgehead atoms. The van der Waals surface area contributed by atoms with Crippen LogP contribution >= 0.6 is 0 Å². The van der Waals surface area contributed by atoms with Gasteiger partial charge < -0.3 is 10.6 Å². The van der Waals surface area contributed by atoms with Crippen molar-refractivity contribution in [2.75, 3.05) is 4.90 Å². The van der Waals surface area contributed by atoms with Crippen LogP contribution in [0.5, 0.6) is 0 Å². The van der Waals surface area contributed by atoms with Gasteiger partial charge in [-0.25, -0.2) is 4.39 Å². The molecule has 2 aliphatic carbocycles. The number of benzene rings is 1. The highest BCUT2D eigenvalue weighted by Gasteiger charge is 2.73. The topological polar surface area (TPSA) is 46.3 Å². The van der Waals surface area contributed by atoms with E-state index in [0.717, 1.165) is 31.4 Å². The van der Waals surface area contributed by atoms with E-state index in [0.29, 0.717) is 12.5 Å². The van der Waals surface area contributed by atoms with Crippen molar-refractivity contribution in [3.63, 3.8) is 0 Å². The predicted octanol–water partition coefficient (Wildman–Crippen LogP) is 3.47. The fraction of sp³-hybridized carbons (Fsp3) is 0.588. The molecule has 0 radical (unpaired) electrons. The Morgan fingerprint density at radius 3 is 2.42 bits per heavy atom. The molecule has 3 aliphatic rings. The zero-order valence-corrected chi connectivity index (χ0v) is 13.2. The number of primary amides is 1. The summed E-state index contributed by atoms with van der Waals surface area (Å²) in [5.74, 6) is -1.17. The molecule has 2 N–H and O–H groups in total. The number of hydrogen-bond acceptors (Lipinski definition) is 2. The van der Waals surface area contributed by atoms with E-state index < -0.39 is 34.5 Å². The van der Waals surface area contributed by atoms with Gasteiger partial charge >= 0.3 is 6.18 Å². The van der Waals surface area contributed by atoms with Crippen molar-refractivity contribution in [1.82, 2.24) is 0 Å². The van der Waals surface area contributed by atoms with Crippen LogP contribution < -0.4 is 10.6 Å². The molecular weight excluding hydrogens is 324 g/mol. The van der Waals surface area contributed by atoms with Crippen LogP contribution in [0.4, 0.5) is 23.2 Å². The Bertz CT molecular complexity index is 730. The molecule has 1 heterocycles. The first-order chi connectivity index (χ1) is 11.1. The monoisotopic (exact) mass is 342 g/mol. The first-order valence-electron chi connectivity index (χ1n) is 8.08.